The van der Waals surface area contributed by atoms with Gasteiger partial charge in [-0.1, -0.05) is 30.3 Å². The van der Waals surface area contributed by atoms with Crippen LogP contribution in [0.2, 0.25) is 0 Å². The van der Waals surface area contributed by atoms with Gasteiger partial charge in [0.05, 0.1) is 0 Å². The first kappa shape index (κ1) is 13.5. The van der Waals surface area contributed by atoms with E-state index in [1.54, 1.807) is 6.07 Å². The largest absolute Gasteiger partial charge is 0.368 e. The van der Waals surface area contributed by atoms with Gasteiger partial charge in [-0.05, 0) is 31.5 Å². The molecule has 0 atom stereocenters. The molecule has 0 aliphatic carbocycles. The molecule has 3 nitrogen and oxygen atoms in total. The van der Waals surface area contributed by atoms with Crippen molar-refractivity contribution in [3.8, 4) is 11.3 Å². The molecule has 106 valence electrons. The molecule has 0 spiro atoms. The number of aromatic nitrogens is 2. The number of halogens is 1. The van der Waals surface area contributed by atoms with Crippen LogP contribution in [0.5, 0.6) is 0 Å². The summed E-state index contributed by atoms with van der Waals surface area (Å²) in [6.07, 6.45) is 0. The molecule has 21 heavy (non-hydrogen) atoms. The third-order valence-electron chi connectivity index (χ3n) is 3.49. The zero-order valence-electron chi connectivity index (χ0n) is 12.0. The Morgan fingerprint density at radius 2 is 1.81 bits per heavy atom. The van der Waals surface area contributed by atoms with Crippen LogP contribution in [0.15, 0.2) is 42.5 Å². The fourth-order valence-corrected chi connectivity index (χ4v) is 2.45. The minimum absolute atomic E-state index is 0.266. The van der Waals surface area contributed by atoms with Crippen LogP contribution < -0.4 is 5.32 Å². The number of rotatable bonds is 3. The molecule has 0 aliphatic rings. The predicted molar refractivity (Wildman–Crippen MR) is 83.8 cm³/mol. The van der Waals surface area contributed by atoms with E-state index in [4.69, 9.17) is 0 Å². The molecule has 0 aliphatic heterocycles. The van der Waals surface area contributed by atoms with Gasteiger partial charge in [0.25, 0.3) is 0 Å². The maximum absolute atomic E-state index is 13.6. The molecule has 3 aromatic rings. The Kier molecular flexibility index (Phi) is 3.52. The highest BCUT2D eigenvalue weighted by molar-refractivity contribution is 6.00. The zero-order valence-corrected chi connectivity index (χ0v) is 12.0. The number of fused-ring (bicyclic) bond motifs is 1. The lowest BCUT2D eigenvalue weighted by molar-refractivity contribution is 0.628. The lowest BCUT2D eigenvalue weighted by Crippen LogP contribution is -2.03. The van der Waals surface area contributed by atoms with Crippen LogP contribution in [0.25, 0.3) is 22.0 Å². The molecule has 0 unspecified atom stereocenters. The molecule has 1 heterocycles. The Morgan fingerprint density at radius 1 is 1.05 bits per heavy atom. The van der Waals surface area contributed by atoms with E-state index in [-0.39, 0.29) is 5.82 Å². The predicted octanol–water partition coefficient (Wildman–Crippen LogP) is 4.18. The first-order valence-corrected chi connectivity index (χ1v) is 6.96. The molecule has 2 aromatic carbocycles. The highest BCUT2D eigenvalue weighted by Crippen LogP contribution is 2.31. The van der Waals surface area contributed by atoms with Crippen molar-refractivity contribution in [2.45, 2.75) is 13.8 Å². The van der Waals surface area contributed by atoms with Gasteiger partial charge in [-0.15, -0.1) is 10.2 Å². The second kappa shape index (κ2) is 5.48. The molecule has 0 saturated heterocycles. The van der Waals surface area contributed by atoms with Crippen molar-refractivity contribution in [3.05, 3.63) is 53.8 Å². The van der Waals surface area contributed by atoms with Gasteiger partial charge in [0.1, 0.15) is 11.5 Å². The minimum Gasteiger partial charge on any atom is -0.368 e. The molecule has 1 aromatic heterocycles. The summed E-state index contributed by atoms with van der Waals surface area (Å²) in [5, 5.41) is 13.7. The van der Waals surface area contributed by atoms with E-state index in [1.165, 1.54) is 12.1 Å². The van der Waals surface area contributed by atoms with E-state index >= 15 is 0 Å². The summed E-state index contributed by atoms with van der Waals surface area (Å²) in [5.41, 5.74) is 2.47. The Labute approximate surface area is 122 Å². The molecule has 1 N–H and O–H groups in total. The van der Waals surface area contributed by atoms with E-state index in [0.29, 0.717) is 5.69 Å². The summed E-state index contributed by atoms with van der Waals surface area (Å²) < 4.78 is 13.6. The van der Waals surface area contributed by atoms with Crippen LogP contribution in [-0.2, 0) is 0 Å². The zero-order chi connectivity index (χ0) is 14.8. The molecule has 0 amide bonds. The average Bonchev–Trinajstić information content (AvgIpc) is 2.51. The first-order valence-electron chi connectivity index (χ1n) is 6.96. The van der Waals surface area contributed by atoms with Crippen molar-refractivity contribution >= 4 is 16.6 Å². The smallest absolute Gasteiger partial charge is 0.156 e. The van der Waals surface area contributed by atoms with Gasteiger partial charge in [-0.3, -0.25) is 0 Å². The summed E-state index contributed by atoms with van der Waals surface area (Å²) in [6.45, 7) is 4.74. The van der Waals surface area contributed by atoms with Gasteiger partial charge in [0, 0.05) is 22.9 Å². The summed E-state index contributed by atoms with van der Waals surface area (Å²) in [5.74, 6) is 0.489. The third kappa shape index (κ3) is 2.44. The molecular formula is C17H16FN3. The lowest BCUT2D eigenvalue weighted by Gasteiger charge is -2.11. The Balaban J connectivity index is 2.29. The van der Waals surface area contributed by atoms with E-state index in [0.717, 1.165) is 34.3 Å². The van der Waals surface area contributed by atoms with Crippen molar-refractivity contribution in [1.82, 2.24) is 10.2 Å². The van der Waals surface area contributed by atoms with E-state index in [1.807, 2.05) is 38.1 Å². The maximum Gasteiger partial charge on any atom is 0.156 e. The van der Waals surface area contributed by atoms with Crippen molar-refractivity contribution in [2.75, 3.05) is 11.9 Å². The highest BCUT2D eigenvalue weighted by Gasteiger charge is 2.12. The van der Waals surface area contributed by atoms with Crippen LogP contribution in [0.1, 0.15) is 12.5 Å². The van der Waals surface area contributed by atoms with E-state index in [2.05, 4.69) is 15.5 Å². The van der Waals surface area contributed by atoms with Gasteiger partial charge in [0.2, 0.25) is 0 Å². The lowest BCUT2D eigenvalue weighted by atomic mass is 10.0. The molecule has 0 radical (unpaired) electrons. The van der Waals surface area contributed by atoms with Crippen molar-refractivity contribution in [1.29, 1.82) is 0 Å². The van der Waals surface area contributed by atoms with Crippen molar-refractivity contribution in [2.24, 2.45) is 0 Å². The number of benzene rings is 2. The van der Waals surface area contributed by atoms with Crippen LogP contribution in [-0.4, -0.2) is 16.7 Å². The summed E-state index contributed by atoms with van der Waals surface area (Å²) in [7, 11) is 0. The van der Waals surface area contributed by atoms with Gasteiger partial charge < -0.3 is 5.32 Å². The fraction of sp³-hybridized carbons (Fsp3) is 0.176. The summed E-state index contributed by atoms with van der Waals surface area (Å²) >= 11 is 0. The van der Waals surface area contributed by atoms with E-state index < -0.39 is 0 Å². The minimum atomic E-state index is -0.266. The standard InChI is InChI=1S/C17H16FN3/c1-3-19-17-14-7-5-4-6-13(14)16(20-21-17)15-10-12(18)9-8-11(15)2/h4-10H,3H2,1-2H3,(H,19,21). The number of nitrogens with one attached hydrogen (secondary N) is 1. The van der Waals surface area contributed by atoms with Crippen LogP contribution >= 0.6 is 0 Å². The number of anilines is 1. The second-order valence-corrected chi connectivity index (χ2v) is 4.93. The first-order chi connectivity index (χ1) is 10.2. The molecule has 0 fully saturated rings. The van der Waals surface area contributed by atoms with Crippen LogP contribution in [0.4, 0.5) is 10.2 Å². The van der Waals surface area contributed by atoms with Crippen molar-refractivity contribution < 1.29 is 4.39 Å². The summed E-state index contributed by atoms with van der Waals surface area (Å²) in [6, 6.07) is 12.6. The Morgan fingerprint density at radius 3 is 2.57 bits per heavy atom. The highest BCUT2D eigenvalue weighted by atomic mass is 19.1. The van der Waals surface area contributed by atoms with Crippen LogP contribution in [0.3, 0.4) is 0 Å². The van der Waals surface area contributed by atoms with Gasteiger partial charge in [-0.25, -0.2) is 4.39 Å². The van der Waals surface area contributed by atoms with Gasteiger partial charge in [-0.2, -0.15) is 0 Å². The summed E-state index contributed by atoms with van der Waals surface area (Å²) in [4.78, 5) is 0. The number of hydrogen-bond donors (Lipinski definition) is 1. The molecular weight excluding hydrogens is 265 g/mol. The normalized spacial score (nSPS) is 10.8. The average molecular weight is 281 g/mol. The van der Waals surface area contributed by atoms with Gasteiger partial charge in [0.15, 0.2) is 5.82 Å². The molecule has 0 saturated carbocycles. The molecule has 3 rings (SSSR count). The second-order valence-electron chi connectivity index (χ2n) is 4.93. The monoisotopic (exact) mass is 281 g/mol. The Hall–Kier alpha value is -2.49. The third-order valence-corrected chi connectivity index (χ3v) is 3.49. The topological polar surface area (TPSA) is 37.8 Å². The van der Waals surface area contributed by atoms with E-state index in [9.17, 15) is 4.39 Å². The quantitative estimate of drug-likeness (QED) is 0.782. The number of nitrogens with zero attached hydrogens (tertiary/aromatic N) is 2. The fourth-order valence-electron chi connectivity index (χ4n) is 2.45. The van der Waals surface area contributed by atoms with Crippen molar-refractivity contribution in [3.63, 3.8) is 0 Å². The maximum atomic E-state index is 13.6. The molecule has 0 bridgehead atoms. The number of hydrogen-bond acceptors (Lipinski definition) is 3. The Bertz CT molecular complexity index is 799. The van der Waals surface area contributed by atoms with Gasteiger partial charge >= 0.3 is 0 Å². The SMILES string of the molecule is CCNc1nnc(-c2cc(F)ccc2C)c2ccccc12. The van der Waals surface area contributed by atoms with Crippen LogP contribution in [0, 0.1) is 12.7 Å². The number of aryl methyl sites for hydroxylation is 1. The molecule has 4 heteroatoms.